The Balaban J connectivity index is 1.76. The van der Waals surface area contributed by atoms with Crippen LogP contribution >= 0.6 is 0 Å². The van der Waals surface area contributed by atoms with Crippen molar-refractivity contribution in [3.63, 3.8) is 0 Å². The van der Waals surface area contributed by atoms with Crippen molar-refractivity contribution in [1.82, 2.24) is 24.1 Å². The number of ether oxygens (including phenoxy) is 1. The molecule has 5 rings (SSSR count). The van der Waals surface area contributed by atoms with E-state index >= 15 is 0 Å². The molecule has 4 heterocycles. The fraction of sp³-hybridized carbons (Fsp3) is 0.231. The third kappa shape index (κ3) is 3.48. The van der Waals surface area contributed by atoms with Crippen LogP contribution in [0.2, 0.25) is 0 Å². The summed E-state index contributed by atoms with van der Waals surface area (Å²) >= 11 is 0. The molecule has 0 amide bonds. The molecule has 1 aromatic carbocycles. The summed E-state index contributed by atoms with van der Waals surface area (Å²) in [5, 5.41) is 0.887. The molecule has 172 valence electrons. The van der Waals surface area contributed by atoms with E-state index in [0.29, 0.717) is 12.5 Å². The van der Waals surface area contributed by atoms with Crippen molar-refractivity contribution in [3.8, 4) is 22.7 Å². The number of rotatable bonds is 5. The summed E-state index contributed by atoms with van der Waals surface area (Å²) in [6, 6.07) is 13.8. The molecular formula is C26H26N6O2. The van der Waals surface area contributed by atoms with Gasteiger partial charge in [-0.3, -0.25) is 14.1 Å². The second-order valence-corrected chi connectivity index (χ2v) is 8.39. The van der Waals surface area contributed by atoms with Crippen molar-refractivity contribution in [1.29, 1.82) is 0 Å². The SMILES string of the molecule is CCOc1ccc(-c2ccc3ncc4c(c3c2)n(-c2ccc(N(C)C)nc2C)c(=O)n4C)cn1. The molecule has 34 heavy (non-hydrogen) atoms. The van der Waals surface area contributed by atoms with E-state index in [1.165, 1.54) is 0 Å². The van der Waals surface area contributed by atoms with Gasteiger partial charge in [0, 0.05) is 44.4 Å². The molecule has 0 aliphatic carbocycles. The second-order valence-electron chi connectivity index (χ2n) is 8.39. The molecule has 0 radical (unpaired) electrons. The predicted molar refractivity (Wildman–Crippen MR) is 135 cm³/mol. The molecule has 0 saturated carbocycles. The van der Waals surface area contributed by atoms with Gasteiger partial charge < -0.3 is 9.64 Å². The first kappa shape index (κ1) is 21.6. The first-order valence-electron chi connectivity index (χ1n) is 11.1. The number of benzene rings is 1. The van der Waals surface area contributed by atoms with Crippen LogP contribution in [0.1, 0.15) is 12.6 Å². The molecule has 0 N–H and O–H groups in total. The zero-order chi connectivity index (χ0) is 24.0. The number of fused-ring (bicyclic) bond motifs is 3. The number of nitrogens with zero attached hydrogens (tertiary/aromatic N) is 6. The van der Waals surface area contributed by atoms with E-state index in [4.69, 9.17) is 9.72 Å². The highest BCUT2D eigenvalue weighted by Gasteiger charge is 2.18. The summed E-state index contributed by atoms with van der Waals surface area (Å²) in [5.74, 6) is 1.43. The van der Waals surface area contributed by atoms with Gasteiger partial charge in [0.2, 0.25) is 5.88 Å². The second kappa shape index (κ2) is 8.30. The quantitative estimate of drug-likeness (QED) is 0.398. The largest absolute Gasteiger partial charge is 0.478 e. The molecule has 4 aromatic heterocycles. The van der Waals surface area contributed by atoms with Crippen molar-refractivity contribution >= 4 is 27.8 Å². The molecular weight excluding hydrogens is 428 g/mol. The van der Waals surface area contributed by atoms with Crippen molar-refractivity contribution in [2.24, 2.45) is 7.05 Å². The van der Waals surface area contributed by atoms with Crippen LogP contribution in [-0.2, 0) is 7.05 Å². The minimum atomic E-state index is -0.139. The van der Waals surface area contributed by atoms with Crippen LogP contribution in [0.5, 0.6) is 5.88 Å². The molecule has 0 bridgehead atoms. The zero-order valence-electron chi connectivity index (χ0n) is 19.9. The van der Waals surface area contributed by atoms with E-state index in [1.54, 1.807) is 28.6 Å². The number of imidazole rings is 1. The predicted octanol–water partition coefficient (Wildman–Crippen LogP) is 4.11. The third-order valence-corrected chi connectivity index (χ3v) is 5.99. The summed E-state index contributed by atoms with van der Waals surface area (Å²) in [6.07, 6.45) is 3.55. The lowest BCUT2D eigenvalue weighted by Crippen LogP contribution is -2.22. The normalized spacial score (nSPS) is 11.3. The van der Waals surface area contributed by atoms with Gasteiger partial charge in [-0.25, -0.2) is 14.8 Å². The van der Waals surface area contributed by atoms with Gasteiger partial charge in [0.1, 0.15) is 5.82 Å². The highest BCUT2D eigenvalue weighted by molar-refractivity contribution is 6.04. The number of pyridine rings is 3. The highest BCUT2D eigenvalue weighted by Crippen LogP contribution is 2.30. The molecule has 0 unspecified atom stereocenters. The molecule has 5 aromatic rings. The minimum Gasteiger partial charge on any atom is -0.478 e. The Kier molecular flexibility index (Phi) is 5.28. The van der Waals surface area contributed by atoms with Gasteiger partial charge in [-0.2, -0.15) is 0 Å². The average Bonchev–Trinajstić information content (AvgIpc) is 3.09. The van der Waals surface area contributed by atoms with Gasteiger partial charge in [0.05, 0.1) is 40.7 Å². The van der Waals surface area contributed by atoms with E-state index in [2.05, 4.69) is 16.0 Å². The van der Waals surface area contributed by atoms with Crippen LogP contribution in [0, 0.1) is 6.92 Å². The van der Waals surface area contributed by atoms with E-state index in [-0.39, 0.29) is 5.69 Å². The Labute approximate surface area is 197 Å². The highest BCUT2D eigenvalue weighted by atomic mass is 16.5. The summed E-state index contributed by atoms with van der Waals surface area (Å²) in [5.41, 5.74) is 5.71. The number of anilines is 1. The number of hydrogen-bond acceptors (Lipinski definition) is 6. The van der Waals surface area contributed by atoms with Gasteiger partial charge in [-0.05, 0) is 49.7 Å². The Morgan fingerprint density at radius 1 is 1.00 bits per heavy atom. The topological polar surface area (TPSA) is 78.1 Å². The monoisotopic (exact) mass is 454 g/mol. The number of aromatic nitrogens is 5. The fourth-order valence-corrected chi connectivity index (χ4v) is 4.21. The van der Waals surface area contributed by atoms with Crippen LogP contribution in [0.15, 0.2) is 59.7 Å². The Morgan fingerprint density at radius 3 is 2.47 bits per heavy atom. The summed E-state index contributed by atoms with van der Waals surface area (Å²) in [4.78, 5) is 29.0. The van der Waals surface area contributed by atoms with Crippen molar-refractivity contribution in [2.75, 3.05) is 25.6 Å². The van der Waals surface area contributed by atoms with E-state index in [9.17, 15) is 4.79 Å². The average molecular weight is 455 g/mol. The minimum absolute atomic E-state index is 0.139. The summed E-state index contributed by atoms with van der Waals surface area (Å²) in [6.45, 7) is 4.43. The van der Waals surface area contributed by atoms with E-state index in [0.717, 1.165) is 50.3 Å². The fourth-order valence-electron chi connectivity index (χ4n) is 4.21. The Hall–Kier alpha value is -4.20. The Bertz CT molecular complexity index is 1580. The van der Waals surface area contributed by atoms with Gasteiger partial charge >= 0.3 is 5.69 Å². The van der Waals surface area contributed by atoms with Crippen LogP contribution in [0.3, 0.4) is 0 Å². The van der Waals surface area contributed by atoms with Crippen LogP contribution in [0.25, 0.3) is 38.8 Å². The molecule has 0 aliphatic rings. The standard InChI is InChI=1S/C26H26N6O2/c1-6-34-24-12-8-18(14-28-24)17-7-9-20-19(13-17)25-22(15-27-20)31(5)26(33)32(25)21-10-11-23(30(3)4)29-16(21)2/h7-15H,6H2,1-5H3. The van der Waals surface area contributed by atoms with Crippen molar-refractivity contribution in [3.05, 3.63) is 71.0 Å². The van der Waals surface area contributed by atoms with Gasteiger partial charge in [-0.15, -0.1) is 0 Å². The maximum atomic E-state index is 13.4. The van der Waals surface area contributed by atoms with Crippen LogP contribution in [0.4, 0.5) is 5.82 Å². The molecule has 0 fully saturated rings. The Morgan fingerprint density at radius 2 is 1.79 bits per heavy atom. The van der Waals surface area contributed by atoms with E-state index in [1.807, 2.05) is 69.2 Å². The van der Waals surface area contributed by atoms with Gasteiger partial charge in [0.25, 0.3) is 0 Å². The lowest BCUT2D eigenvalue weighted by atomic mass is 10.0. The van der Waals surface area contributed by atoms with Crippen molar-refractivity contribution < 1.29 is 4.74 Å². The molecule has 0 saturated heterocycles. The number of hydrogen-bond donors (Lipinski definition) is 0. The molecule has 8 heteroatoms. The molecule has 0 spiro atoms. The third-order valence-electron chi connectivity index (χ3n) is 5.99. The lowest BCUT2D eigenvalue weighted by molar-refractivity contribution is 0.327. The van der Waals surface area contributed by atoms with Crippen LogP contribution in [-0.4, -0.2) is 44.8 Å². The van der Waals surface area contributed by atoms with Gasteiger partial charge in [0.15, 0.2) is 0 Å². The number of aryl methyl sites for hydroxylation is 2. The lowest BCUT2D eigenvalue weighted by Gasteiger charge is -2.14. The smallest absolute Gasteiger partial charge is 0.333 e. The molecule has 8 nitrogen and oxygen atoms in total. The summed E-state index contributed by atoms with van der Waals surface area (Å²) < 4.78 is 8.84. The molecule has 0 aliphatic heterocycles. The van der Waals surface area contributed by atoms with Gasteiger partial charge in [-0.1, -0.05) is 6.07 Å². The van der Waals surface area contributed by atoms with Crippen molar-refractivity contribution in [2.45, 2.75) is 13.8 Å². The first-order valence-corrected chi connectivity index (χ1v) is 11.1. The maximum Gasteiger partial charge on any atom is 0.333 e. The molecule has 0 atom stereocenters. The maximum absolute atomic E-state index is 13.4. The summed E-state index contributed by atoms with van der Waals surface area (Å²) in [7, 11) is 5.66. The first-order chi connectivity index (χ1) is 16.4. The van der Waals surface area contributed by atoms with Crippen LogP contribution < -0.4 is 15.3 Å². The zero-order valence-corrected chi connectivity index (χ0v) is 19.9. The van der Waals surface area contributed by atoms with E-state index < -0.39 is 0 Å².